The summed E-state index contributed by atoms with van der Waals surface area (Å²) in [5, 5.41) is 0. The van der Waals surface area contributed by atoms with Crippen LogP contribution in [-0.2, 0) is 10.0 Å². The fourth-order valence-corrected chi connectivity index (χ4v) is 2.64. The number of carbonyl (C=O) groups excluding carboxylic acids is 1. The zero-order valence-corrected chi connectivity index (χ0v) is 12.3. The Kier molecular flexibility index (Phi) is 5.50. The first-order valence-electron chi connectivity index (χ1n) is 6.20. The lowest BCUT2D eigenvalue weighted by molar-refractivity contribution is 0.0827. The SMILES string of the molecule is CCCCNS(=O)(=O)c1cccc(C(=O)N(C)C)c1. The Morgan fingerprint density at radius 1 is 1.32 bits per heavy atom. The molecule has 1 rings (SSSR count). The van der Waals surface area contributed by atoms with Crippen LogP contribution in [0.5, 0.6) is 0 Å². The van der Waals surface area contributed by atoms with Crippen LogP contribution < -0.4 is 4.72 Å². The van der Waals surface area contributed by atoms with Gasteiger partial charge in [-0.3, -0.25) is 4.79 Å². The number of unbranched alkanes of at least 4 members (excludes halogenated alkanes) is 1. The molecule has 0 spiro atoms. The molecule has 0 aliphatic carbocycles. The minimum absolute atomic E-state index is 0.122. The van der Waals surface area contributed by atoms with E-state index in [0.29, 0.717) is 12.1 Å². The van der Waals surface area contributed by atoms with Gasteiger partial charge in [0.15, 0.2) is 0 Å². The predicted octanol–water partition coefficient (Wildman–Crippen LogP) is 1.47. The molecule has 0 atom stereocenters. The first kappa shape index (κ1) is 15.7. The van der Waals surface area contributed by atoms with Gasteiger partial charge in [0.25, 0.3) is 5.91 Å². The molecule has 0 radical (unpaired) electrons. The topological polar surface area (TPSA) is 66.5 Å². The fraction of sp³-hybridized carbons (Fsp3) is 0.462. The summed E-state index contributed by atoms with van der Waals surface area (Å²) >= 11 is 0. The summed E-state index contributed by atoms with van der Waals surface area (Å²) < 4.78 is 26.6. The largest absolute Gasteiger partial charge is 0.345 e. The smallest absolute Gasteiger partial charge is 0.253 e. The van der Waals surface area contributed by atoms with E-state index in [9.17, 15) is 13.2 Å². The van der Waals surface area contributed by atoms with Gasteiger partial charge in [-0.15, -0.1) is 0 Å². The first-order chi connectivity index (χ1) is 8.88. The van der Waals surface area contributed by atoms with E-state index in [1.165, 1.54) is 17.0 Å². The van der Waals surface area contributed by atoms with Crippen molar-refractivity contribution in [2.45, 2.75) is 24.7 Å². The quantitative estimate of drug-likeness (QED) is 0.804. The van der Waals surface area contributed by atoms with E-state index in [-0.39, 0.29) is 10.8 Å². The summed E-state index contributed by atoms with van der Waals surface area (Å²) in [6.45, 7) is 2.40. The number of rotatable bonds is 6. The highest BCUT2D eigenvalue weighted by molar-refractivity contribution is 7.89. The number of carbonyl (C=O) groups is 1. The Morgan fingerprint density at radius 3 is 2.58 bits per heavy atom. The number of nitrogens with zero attached hydrogens (tertiary/aromatic N) is 1. The van der Waals surface area contributed by atoms with E-state index in [4.69, 9.17) is 0 Å². The Hall–Kier alpha value is -1.40. The fourth-order valence-electron chi connectivity index (χ4n) is 1.52. The van der Waals surface area contributed by atoms with Crippen LogP contribution in [0.4, 0.5) is 0 Å². The van der Waals surface area contributed by atoms with Crippen LogP contribution in [0, 0.1) is 0 Å². The zero-order chi connectivity index (χ0) is 14.5. The molecule has 1 aromatic carbocycles. The molecule has 0 aliphatic heterocycles. The average molecular weight is 284 g/mol. The zero-order valence-electron chi connectivity index (χ0n) is 11.5. The maximum Gasteiger partial charge on any atom is 0.253 e. The monoisotopic (exact) mass is 284 g/mol. The summed E-state index contributed by atoms with van der Waals surface area (Å²) in [5.74, 6) is -0.217. The standard InChI is InChI=1S/C13H20N2O3S/c1-4-5-9-14-19(17,18)12-8-6-7-11(10-12)13(16)15(2)3/h6-8,10,14H,4-5,9H2,1-3H3. The highest BCUT2D eigenvalue weighted by Crippen LogP contribution is 2.12. The number of hydrogen-bond acceptors (Lipinski definition) is 3. The molecule has 0 fully saturated rings. The highest BCUT2D eigenvalue weighted by atomic mass is 32.2. The lowest BCUT2D eigenvalue weighted by Gasteiger charge is -2.11. The third-order valence-corrected chi connectivity index (χ3v) is 4.08. The number of benzene rings is 1. The maximum atomic E-state index is 12.0. The number of nitrogens with one attached hydrogen (secondary N) is 1. The normalized spacial score (nSPS) is 11.3. The first-order valence-corrected chi connectivity index (χ1v) is 7.68. The van der Waals surface area contributed by atoms with Crippen molar-refractivity contribution in [3.05, 3.63) is 29.8 Å². The second kappa shape index (κ2) is 6.68. The number of hydrogen-bond donors (Lipinski definition) is 1. The van der Waals surface area contributed by atoms with Crippen LogP contribution in [0.25, 0.3) is 0 Å². The Labute approximate surface area is 114 Å². The molecule has 0 aromatic heterocycles. The molecular formula is C13H20N2O3S. The molecule has 0 saturated heterocycles. The van der Waals surface area contributed by atoms with Crippen molar-refractivity contribution in [2.75, 3.05) is 20.6 Å². The minimum atomic E-state index is -3.53. The molecule has 1 amide bonds. The number of sulfonamides is 1. The average Bonchev–Trinajstić information content (AvgIpc) is 2.38. The summed E-state index contributed by atoms with van der Waals surface area (Å²) in [7, 11) is -0.279. The molecule has 5 nitrogen and oxygen atoms in total. The van der Waals surface area contributed by atoms with Crippen LogP contribution in [0.2, 0.25) is 0 Å². The van der Waals surface area contributed by atoms with Crippen molar-refractivity contribution in [1.82, 2.24) is 9.62 Å². The van der Waals surface area contributed by atoms with Gasteiger partial charge in [-0.2, -0.15) is 0 Å². The minimum Gasteiger partial charge on any atom is -0.345 e. The molecule has 106 valence electrons. The van der Waals surface area contributed by atoms with E-state index in [2.05, 4.69) is 4.72 Å². The van der Waals surface area contributed by atoms with Crippen molar-refractivity contribution in [3.63, 3.8) is 0 Å². The Bertz CT molecular complexity index is 539. The Balaban J connectivity index is 2.95. The van der Waals surface area contributed by atoms with Crippen molar-refractivity contribution in [1.29, 1.82) is 0 Å². The van der Waals surface area contributed by atoms with E-state index >= 15 is 0 Å². The third-order valence-electron chi connectivity index (χ3n) is 2.62. The van der Waals surface area contributed by atoms with Crippen LogP contribution in [0.1, 0.15) is 30.1 Å². The van der Waals surface area contributed by atoms with Gasteiger partial charge in [0.1, 0.15) is 0 Å². The van der Waals surface area contributed by atoms with Crippen LogP contribution >= 0.6 is 0 Å². The third kappa shape index (κ3) is 4.33. The molecular weight excluding hydrogens is 264 g/mol. The van der Waals surface area contributed by atoms with Gasteiger partial charge in [0, 0.05) is 26.2 Å². The summed E-state index contributed by atoms with van der Waals surface area (Å²) in [5.41, 5.74) is 0.364. The van der Waals surface area contributed by atoms with Gasteiger partial charge in [-0.1, -0.05) is 19.4 Å². The second-order valence-electron chi connectivity index (χ2n) is 4.48. The van der Waals surface area contributed by atoms with Crippen LogP contribution in [0.15, 0.2) is 29.2 Å². The highest BCUT2D eigenvalue weighted by Gasteiger charge is 2.16. The summed E-state index contributed by atoms with van der Waals surface area (Å²) in [6.07, 6.45) is 1.71. The van der Waals surface area contributed by atoms with Gasteiger partial charge in [0.2, 0.25) is 10.0 Å². The molecule has 0 heterocycles. The molecule has 1 aromatic rings. The van der Waals surface area contributed by atoms with Gasteiger partial charge < -0.3 is 4.90 Å². The molecule has 1 N–H and O–H groups in total. The maximum absolute atomic E-state index is 12.0. The molecule has 0 saturated carbocycles. The molecule has 19 heavy (non-hydrogen) atoms. The van der Waals surface area contributed by atoms with Crippen LogP contribution in [-0.4, -0.2) is 39.9 Å². The summed E-state index contributed by atoms with van der Waals surface area (Å²) in [6, 6.07) is 6.07. The number of amides is 1. The van der Waals surface area contributed by atoms with E-state index in [1.54, 1.807) is 26.2 Å². The van der Waals surface area contributed by atoms with Crippen LogP contribution in [0.3, 0.4) is 0 Å². The molecule has 0 bridgehead atoms. The van der Waals surface area contributed by atoms with Gasteiger partial charge in [-0.05, 0) is 24.6 Å². The van der Waals surface area contributed by atoms with Crippen molar-refractivity contribution >= 4 is 15.9 Å². The summed E-state index contributed by atoms with van der Waals surface area (Å²) in [4.78, 5) is 13.3. The van der Waals surface area contributed by atoms with E-state index < -0.39 is 10.0 Å². The van der Waals surface area contributed by atoms with Gasteiger partial charge in [0.05, 0.1) is 4.90 Å². The lowest BCUT2D eigenvalue weighted by Crippen LogP contribution is -2.26. The molecule has 0 aliphatic rings. The lowest BCUT2D eigenvalue weighted by atomic mass is 10.2. The van der Waals surface area contributed by atoms with E-state index in [1.807, 2.05) is 6.92 Å². The van der Waals surface area contributed by atoms with Gasteiger partial charge in [-0.25, -0.2) is 13.1 Å². The predicted molar refractivity (Wildman–Crippen MR) is 74.6 cm³/mol. The Morgan fingerprint density at radius 2 is 2.00 bits per heavy atom. The van der Waals surface area contributed by atoms with Crippen molar-refractivity contribution in [2.24, 2.45) is 0 Å². The second-order valence-corrected chi connectivity index (χ2v) is 6.25. The van der Waals surface area contributed by atoms with Crippen molar-refractivity contribution in [3.8, 4) is 0 Å². The van der Waals surface area contributed by atoms with Gasteiger partial charge >= 0.3 is 0 Å². The molecule has 6 heteroatoms. The molecule has 0 unspecified atom stereocenters. The van der Waals surface area contributed by atoms with Crippen molar-refractivity contribution < 1.29 is 13.2 Å². The van der Waals surface area contributed by atoms with E-state index in [0.717, 1.165) is 12.8 Å².